The molecular formula is C27H27BrN2O3S2. The first-order valence-electron chi connectivity index (χ1n) is 11.4. The number of thiophene rings is 1. The van der Waals surface area contributed by atoms with Gasteiger partial charge in [-0.25, -0.2) is 8.42 Å². The summed E-state index contributed by atoms with van der Waals surface area (Å²) in [5, 5.41) is 3.93. The number of carbonyl (C=O) groups is 1. The maximum absolute atomic E-state index is 13.3. The molecule has 0 radical (unpaired) electrons. The molecule has 0 spiro atoms. The fraction of sp³-hybridized carbons (Fsp3) is 0.222. The van der Waals surface area contributed by atoms with Crippen LogP contribution in [0.2, 0.25) is 0 Å². The molecule has 1 atom stereocenters. The summed E-state index contributed by atoms with van der Waals surface area (Å²) in [4.78, 5) is 13.7. The van der Waals surface area contributed by atoms with Crippen molar-refractivity contribution in [2.75, 3.05) is 10.8 Å². The van der Waals surface area contributed by atoms with E-state index in [1.54, 1.807) is 30.3 Å². The predicted molar refractivity (Wildman–Crippen MR) is 148 cm³/mol. The zero-order valence-corrected chi connectivity index (χ0v) is 22.8. The molecule has 4 aromatic rings. The molecule has 8 heteroatoms. The van der Waals surface area contributed by atoms with E-state index in [0.29, 0.717) is 17.1 Å². The van der Waals surface area contributed by atoms with Crippen LogP contribution in [0.15, 0.2) is 88.2 Å². The molecule has 0 aliphatic rings. The maximum atomic E-state index is 13.3. The molecule has 35 heavy (non-hydrogen) atoms. The Kier molecular flexibility index (Phi) is 7.94. The number of amides is 1. The quantitative estimate of drug-likeness (QED) is 0.245. The molecule has 0 aliphatic heterocycles. The van der Waals surface area contributed by atoms with Gasteiger partial charge in [0.1, 0.15) is 0 Å². The lowest BCUT2D eigenvalue weighted by Crippen LogP contribution is -2.32. The third-order valence-corrected chi connectivity index (χ3v) is 9.35. The fourth-order valence-corrected chi connectivity index (χ4v) is 6.59. The lowest BCUT2D eigenvalue weighted by Gasteiger charge is -2.23. The number of benzene rings is 3. The molecule has 3 aromatic carbocycles. The number of aryl methyl sites for hydroxylation is 1. The highest BCUT2D eigenvalue weighted by Gasteiger charge is 2.24. The zero-order chi connectivity index (χ0) is 25.0. The van der Waals surface area contributed by atoms with Gasteiger partial charge in [0.25, 0.3) is 15.9 Å². The van der Waals surface area contributed by atoms with Gasteiger partial charge in [-0.1, -0.05) is 46.3 Å². The Bertz CT molecular complexity index is 1420. The van der Waals surface area contributed by atoms with Gasteiger partial charge in [-0.3, -0.25) is 9.10 Å². The highest BCUT2D eigenvalue weighted by atomic mass is 79.9. The molecule has 0 fully saturated rings. The summed E-state index contributed by atoms with van der Waals surface area (Å²) in [7, 11) is -3.71. The molecule has 1 amide bonds. The van der Waals surface area contributed by atoms with Gasteiger partial charge in [-0.15, -0.1) is 11.3 Å². The van der Waals surface area contributed by atoms with Gasteiger partial charge in [0.05, 0.1) is 15.5 Å². The number of halogens is 1. The second-order valence-electron chi connectivity index (χ2n) is 8.36. The van der Waals surface area contributed by atoms with Crippen molar-refractivity contribution < 1.29 is 13.2 Å². The molecule has 1 heterocycles. The summed E-state index contributed by atoms with van der Waals surface area (Å²) in [6.45, 7) is 4.11. The van der Waals surface area contributed by atoms with Crippen molar-refractivity contribution in [1.29, 1.82) is 0 Å². The first-order chi connectivity index (χ1) is 16.8. The monoisotopic (exact) mass is 570 g/mol. The van der Waals surface area contributed by atoms with E-state index in [4.69, 9.17) is 0 Å². The molecule has 0 saturated carbocycles. The average Bonchev–Trinajstić information content (AvgIpc) is 3.28. The maximum Gasteiger partial charge on any atom is 0.264 e. The van der Waals surface area contributed by atoms with E-state index in [2.05, 4.69) is 33.4 Å². The molecule has 0 aliphatic carbocycles. The third kappa shape index (κ3) is 5.94. The van der Waals surface area contributed by atoms with Crippen LogP contribution in [0.4, 0.5) is 5.69 Å². The first kappa shape index (κ1) is 25.4. The Morgan fingerprint density at radius 1 is 1.03 bits per heavy atom. The Labute approximate surface area is 219 Å². The molecule has 0 saturated heterocycles. The van der Waals surface area contributed by atoms with E-state index in [0.717, 1.165) is 27.4 Å². The minimum Gasteiger partial charge on any atom is -0.349 e. The van der Waals surface area contributed by atoms with Gasteiger partial charge in [0.15, 0.2) is 0 Å². The minimum absolute atomic E-state index is 0.0371. The number of nitrogens with zero attached hydrogens (tertiary/aromatic N) is 1. The van der Waals surface area contributed by atoms with E-state index < -0.39 is 10.0 Å². The summed E-state index contributed by atoms with van der Waals surface area (Å²) in [6, 6.07) is 24.2. The molecule has 5 nitrogen and oxygen atoms in total. The van der Waals surface area contributed by atoms with Gasteiger partial charge < -0.3 is 5.32 Å². The average molecular weight is 572 g/mol. The Hall–Kier alpha value is -2.68. The van der Waals surface area contributed by atoms with Crippen molar-refractivity contribution in [3.05, 3.63) is 93.8 Å². The van der Waals surface area contributed by atoms with Crippen molar-refractivity contribution >= 4 is 59.0 Å². The lowest BCUT2D eigenvalue weighted by atomic mass is 10.1. The molecule has 1 unspecified atom stereocenters. The summed E-state index contributed by atoms with van der Waals surface area (Å²) in [5.41, 5.74) is 1.82. The van der Waals surface area contributed by atoms with Crippen LogP contribution in [-0.4, -0.2) is 26.9 Å². The number of anilines is 1. The zero-order valence-electron chi connectivity index (χ0n) is 19.6. The summed E-state index contributed by atoms with van der Waals surface area (Å²) in [5.74, 6) is -0.108. The van der Waals surface area contributed by atoms with Crippen LogP contribution >= 0.6 is 27.3 Å². The summed E-state index contributed by atoms with van der Waals surface area (Å²) in [6.07, 6.45) is 1.75. The van der Waals surface area contributed by atoms with Gasteiger partial charge in [0, 0.05) is 21.8 Å². The van der Waals surface area contributed by atoms with E-state index in [-0.39, 0.29) is 16.8 Å². The van der Waals surface area contributed by atoms with Gasteiger partial charge in [0.2, 0.25) is 0 Å². The van der Waals surface area contributed by atoms with Gasteiger partial charge in [-0.05, 0) is 86.2 Å². The normalized spacial score (nSPS) is 12.4. The minimum atomic E-state index is -3.71. The standard InChI is InChI=1S/C27H27BrN2O3S2/c1-3-30(35(32,33)24-14-11-22(28)12-15-24)23-13-16-25-21(17-23)18-26(34-25)27(31)29-19(2)9-10-20-7-5-4-6-8-20/h4-8,11-19H,3,9-10H2,1-2H3,(H,29,31). The van der Waals surface area contributed by atoms with E-state index in [1.165, 1.54) is 21.2 Å². The predicted octanol–water partition coefficient (Wildman–Crippen LogP) is 6.63. The molecule has 1 aromatic heterocycles. The highest BCUT2D eigenvalue weighted by Crippen LogP contribution is 2.32. The Morgan fingerprint density at radius 2 is 1.74 bits per heavy atom. The van der Waals surface area contributed by atoms with Gasteiger partial charge in [-0.2, -0.15) is 0 Å². The van der Waals surface area contributed by atoms with Crippen molar-refractivity contribution in [2.24, 2.45) is 0 Å². The molecular weight excluding hydrogens is 544 g/mol. The Balaban J connectivity index is 1.50. The number of fused-ring (bicyclic) bond motifs is 1. The topological polar surface area (TPSA) is 66.5 Å². The Morgan fingerprint density at radius 3 is 2.43 bits per heavy atom. The molecule has 1 N–H and O–H groups in total. The highest BCUT2D eigenvalue weighted by molar-refractivity contribution is 9.10. The van der Waals surface area contributed by atoms with Crippen molar-refractivity contribution in [3.8, 4) is 0 Å². The number of sulfonamides is 1. The SMILES string of the molecule is CCN(c1ccc2sc(C(=O)NC(C)CCc3ccccc3)cc2c1)S(=O)(=O)c1ccc(Br)cc1. The fourth-order valence-electron chi connectivity index (χ4n) is 3.92. The van der Waals surface area contributed by atoms with E-state index >= 15 is 0 Å². The van der Waals surface area contributed by atoms with Crippen LogP contribution in [-0.2, 0) is 16.4 Å². The number of hydrogen-bond acceptors (Lipinski definition) is 4. The molecule has 182 valence electrons. The number of rotatable bonds is 9. The van der Waals surface area contributed by atoms with Crippen LogP contribution < -0.4 is 9.62 Å². The van der Waals surface area contributed by atoms with Crippen molar-refractivity contribution in [1.82, 2.24) is 5.32 Å². The summed E-state index contributed by atoms with van der Waals surface area (Å²) < 4.78 is 29.7. The van der Waals surface area contributed by atoms with Crippen LogP contribution in [0.5, 0.6) is 0 Å². The van der Waals surface area contributed by atoms with Crippen molar-refractivity contribution in [2.45, 2.75) is 37.6 Å². The van der Waals surface area contributed by atoms with Crippen LogP contribution in [0.1, 0.15) is 35.5 Å². The van der Waals surface area contributed by atoms with Crippen LogP contribution in [0.25, 0.3) is 10.1 Å². The van der Waals surface area contributed by atoms with Crippen LogP contribution in [0, 0.1) is 0 Å². The third-order valence-electron chi connectivity index (χ3n) is 5.79. The second-order valence-corrected chi connectivity index (χ2v) is 12.2. The molecule has 4 rings (SSSR count). The number of carbonyl (C=O) groups excluding carboxylic acids is 1. The molecule has 0 bridgehead atoms. The summed E-state index contributed by atoms with van der Waals surface area (Å²) >= 11 is 4.76. The van der Waals surface area contributed by atoms with Gasteiger partial charge >= 0.3 is 0 Å². The van der Waals surface area contributed by atoms with Crippen LogP contribution in [0.3, 0.4) is 0 Å². The number of nitrogens with one attached hydrogen (secondary N) is 1. The second kappa shape index (κ2) is 10.9. The largest absolute Gasteiger partial charge is 0.349 e. The lowest BCUT2D eigenvalue weighted by molar-refractivity contribution is 0.0942. The first-order valence-corrected chi connectivity index (χ1v) is 14.5. The van der Waals surface area contributed by atoms with E-state index in [1.807, 2.05) is 50.2 Å². The smallest absolute Gasteiger partial charge is 0.264 e. The number of hydrogen-bond donors (Lipinski definition) is 1. The van der Waals surface area contributed by atoms with E-state index in [9.17, 15) is 13.2 Å². The van der Waals surface area contributed by atoms with Crippen molar-refractivity contribution in [3.63, 3.8) is 0 Å².